The van der Waals surface area contributed by atoms with Crippen molar-refractivity contribution in [2.75, 3.05) is 5.32 Å². The zero-order valence-electron chi connectivity index (χ0n) is 10.0. The first kappa shape index (κ1) is 11.7. The Bertz CT molecular complexity index is 506. The van der Waals surface area contributed by atoms with E-state index in [9.17, 15) is 0 Å². The molecule has 2 nitrogen and oxygen atoms in total. The molecule has 0 aliphatic heterocycles. The summed E-state index contributed by atoms with van der Waals surface area (Å²) in [5.41, 5.74) is 2.45. The Labute approximate surface area is 116 Å². The van der Waals surface area contributed by atoms with Gasteiger partial charge in [0, 0.05) is 0 Å². The molecule has 0 amide bonds. The standard InChI is InChI=1S/C15H15BrN2/c16-14-9-8-13(10-17-14)18-15(12-6-7-12)11-4-2-1-3-5-11/h1-5,8-10,12,15,18H,6-7H2. The number of hydrogen-bond acceptors (Lipinski definition) is 2. The summed E-state index contributed by atoms with van der Waals surface area (Å²) in [6, 6.07) is 15.1. The third-order valence-electron chi connectivity index (χ3n) is 3.30. The molecule has 1 N–H and O–H groups in total. The van der Waals surface area contributed by atoms with Crippen molar-refractivity contribution < 1.29 is 0 Å². The van der Waals surface area contributed by atoms with Crippen molar-refractivity contribution >= 4 is 21.6 Å². The zero-order valence-corrected chi connectivity index (χ0v) is 11.6. The van der Waals surface area contributed by atoms with Crippen molar-refractivity contribution in [2.45, 2.75) is 18.9 Å². The van der Waals surface area contributed by atoms with Gasteiger partial charge in [0.15, 0.2) is 0 Å². The molecule has 0 bridgehead atoms. The number of anilines is 1. The second-order valence-electron chi connectivity index (χ2n) is 4.74. The maximum atomic E-state index is 4.26. The van der Waals surface area contributed by atoms with Crippen LogP contribution in [0.3, 0.4) is 0 Å². The molecule has 0 spiro atoms. The second kappa shape index (κ2) is 5.11. The van der Waals surface area contributed by atoms with E-state index in [2.05, 4.69) is 62.6 Å². The summed E-state index contributed by atoms with van der Waals surface area (Å²) in [7, 11) is 0. The van der Waals surface area contributed by atoms with Crippen molar-refractivity contribution in [2.24, 2.45) is 5.92 Å². The van der Waals surface area contributed by atoms with Crippen LogP contribution >= 0.6 is 15.9 Å². The number of pyridine rings is 1. The van der Waals surface area contributed by atoms with Gasteiger partial charge >= 0.3 is 0 Å². The van der Waals surface area contributed by atoms with Crippen LogP contribution in [-0.2, 0) is 0 Å². The maximum Gasteiger partial charge on any atom is 0.106 e. The van der Waals surface area contributed by atoms with Crippen molar-refractivity contribution in [3.05, 3.63) is 58.8 Å². The van der Waals surface area contributed by atoms with Crippen LogP contribution in [0.4, 0.5) is 5.69 Å². The fourth-order valence-corrected chi connectivity index (χ4v) is 2.44. The van der Waals surface area contributed by atoms with Gasteiger partial charge in [-0.25, -0.2) is 4.98 Å². The molecule has 3 rings (SSSR count). The molecule has 1 heterocycles. The van der Waals surface area contributed by atoms with Gasteiger partial charge in [0.2, 0.25) is 0 Å². The van der Waals surface area contributed by atoms with Crippen LogP contribution in [0.1, 0.15) is 24.4 Å². The fourth-order valence-electron chi connectivity index (χ4n) is 2.20. The van der Waals surface area contributed by atoms with E-state index in [4.69, 9.17) is 0 Å². The molecule has 1 unspecified atom stereocenters. The van der Waals surface area contributed by atoms with E-state index in [1.54, 1.807) is 0 Å². The van der Waals surface area contributed by atoms with E-state index in [1.165, 1.54) is 18.4 Å². The van der Waals surface area contributed by atoms with Crippen molar-refractivity contribution in [3.8, 4) is 0 Å². The van der Waals surface area contributed by atoms with Gasteiger partial charge in [-0.1, -0.05) is 30.3 Å². The van der Waals surface area contributed by atoms with E-state index in [0.29, 0.717) is 6.04 Å². The molecule has 3 heteroatoms. The summed E-state index contributed by atoms with van der Waals surface area (Å²) in [5.74, 6) is 0.760. The molecule has 92 valence electrons. The first-order valence-electron chi connectivity index (χ1n) is 6.26. The normalized spacial score (nSPS) is 16.3. The average molecular weight is 303 g/mol. The molecule has 1 aromatic carbocycles. The molecule has 0 saturated heterocycles. The zero-order chi connectivity index (χ0) is 12.4. The Morgan fingerprint density at radius 1 is 1.11 bits per heavy atom. The Morgan fingerprint density at radius 3 is 2.50 bits per heavy atom. The number of halogens is 1. The van der Waals surface area contributed by atoms with Crippen molar-refractivity contribution in [3.63, 3.8) is 0 Å². The molecule has 0 radical (unpaired) electrons. The lowest BCUT2D eigenvalue weighted by atomic mass is 10.0. The van der Waals surface area contributed by atoms with Crippen molar-refractivity contribution in [1.82, 2.24) is 4.98 Å². The molecule has 1 aromatic heterocycles. The van der Waals surface area contributed by atoms with E-state index in [-0.39, 0.29) is 0 Å². The van der Waals surface area contributed by atoms with Crippen LogP contribution < -0.4 is 5.32 Å². The van der Waals surface area contributed by atoms with Gasteiger partial charge < -0.3 is 5.32 Å². The summed E-state index contributed by atoms with van der Waals surface area (Å²) < 4.78 is 0.871. The highest BCUT2D eigenvalue weighted by molar-refractivity contribution is 9.10. The number of rotatable bonds is 4. The Morgan fingerprint density at radius 2 is 1.89 bits per heavy atom. The van der Waals surface area contributed by atoms with Gasteiger partial charge in [-0.2, -0.15) is 0 Å². The highest BCUT2D eigenvalue weighted by Gasteiger charge is 2.32. The van der Waals surface area contributed by atoms with Crippen molar-refractivity contribution in [1.29, 1.82) is 0 Å². The van der Waals surface area contributed by atoms with Crippen LogP contribution in [0.2, 0.25) is 0 Å². The second-order valence-corrected chi connectivity index (χ2v) is 5.55. The van der Waals surface area contributed by atoms with Gasteiger partial charge in [-0.3, -0.25) is 0 Å². The number of aromatic nitrogens is 1. The van der Waals surface area contributed by atoms with E-state index in [0.717, 1.165) is 16.2 Å². The fraction of sp³-hybridized carbons (Fsp3) is 0.267. The minimum Gasteiger partial charge on any atom is -0.377 e. The van der Waals surface area contributed by atoms with Crippen LogP contribution in [-0.4, -0.2) is 4.98 Å². The van der Waals surface area contributed by atoms with Crippen LogP contribution in [0.25, 0.3) is 0 Å². The first-order chi connectivity index (χ1) is 8.83. The molecular formula is C15H15BrN2. The summed E-state index contributed by atoms with van der Waals surface area (Å²) in [6.45, 7) is 0. The van der Waals surface area contributed by atoms with Crippen LogP contribution in [0, 0.1) is 5.92 Å². The molecule has 1 aliphatic rings. The van der Waals surface area contributed by atoms with Gasteiger partial charge in [0.1, 0.15) is 4.60 Å². The Kier molecular flexibility index (Phi) is 3.33. The first-order valence-corrected chi connectivity index (χ1v) is 7.05. The van der Waals surface area contributed by atoms with Crippen LogP contribution in [0.15, 0.2) is 53.3 Å². The topological polar surface area (TPSA) is 24.9 Å². The largest absolute Gasteiger partial charge is 0.377 e. The predicted molar refractivity (Wildman–Crippen MR) is 77.5 cm³/mol. The van der Waals surface area contributed by atoms with Gasteiger partial charge in [-0.05, 0) is 52.4 Å². The smallest absolute Gasteiger partial charge is 0.106 e. The highest BCUT2D eigenvalue weighted by atomic mass is 79.9. The van der Waals surface area contributed by atoms with Gasteiger partial charge in [-0.15, -0.1) is 0 Å². The number of hydrogen-bond donors (Lipinski definition) is 1. The summed E-state index contributed by atoms with van der Waals surface area (Å²) in [4.78, 5) is 4.26. The molecule has 1 fully saturated rings. The number of benzene rings is 1. The minimum atomic E-state index is 0.411. The lowest BCUT2D eigenvalue weighted by Gasteiger charge is -2.19. The summed E-state index contributed by atoms with van der Waals surface area (Å²) in [5, 5.41) is 3.60. The summed E-state index contributed by atoms with van der Waals surface area (Å²) >= 11 is 3.36. The third-order valence-corrected chi connectivity index (χ3v) is 3.77. The summed E-state index contributed by atoms with van der Waals surface area (Å²) in [6.07, 6.45) is 4.51. The quantitative estimate of drug-likeness (QED) is 0.846. The predicted octanol–water partition coefficient (Wildman–Crippen LogP) is 4.41. The van der Waals surface area contributed by atoms with E-state index in [1.807, 2.05) is 12.3 Å². The monoisotopic (exact) mass is 302 g/mol. The molecule has 2 aromatic rings. The molecular weight excluding hydrogens is 288 g/mol. The van der Waals surface area contributed by atoms with Gasteiger partial charge in [0.25, 0.3) is 0 Å². The molecule has 18 heavy (non-hydrogen) atoms. The lowest BCUT2D eigenvalue weighted by Crippen LogP contribution is -2.12. The Hall–Kier alpha value is -1.35. The Balaban J connectivity index is 1.81. The van der Waals surface area contributed by atoms with E-state index < -0.39 is 0 Å². The lowest BCUT2D eigenvalue weighted by molar-refractivity contribution is 0.678. The highest BCUT2D eigenvalue weighted by Crippen LogP contribution is 2.42. The average Bonchev–Trinajstić information content (AvgIpc) is 3.23. The molecule has 1 atom stereocenters. The van der Waals surface area contributed by atoms with Crippen LogP contribution in [0.5, 0.6) is 0 Å². The van der Waals surface area contributed by atoms with Gasteiger partial charge in [0.05, 0.1) is 17.9 Å². The molecule has 1 aliphatic carbocycles. The minimum absolute atomic E-state index is 0.411. The number of nitrogens with zero attached hydrogens (tertiary/aromatic N) is 1. The number of nitrogens with one attached hydrogen (secondary N) is 1. The van der Waals surface area contributed by atoms with E-state index >= 15 is 0 Å². The maximum absolute atomic E-state index is 4.26. The third kappa shape index (κ3) is 2.72. The SMILES string of the molecule is Brc1ccc(NC(c2ccccc2)C2CC2)cn1. The molecule has 1 saturated carbocycles.